The summed E-state index contributed by atoms with van der Waals surface area (Å²) in [6.07, 6.45) is 0. The Labute approximate surface area is 120 Å². The Kier molecular flexibility index (Phi) is 4.42. The number of alkyl halides is 1. The van der Waals surface area contributed by atoms with E-state index in [9.17, 15) is 10.1 Å². The topological polar surface area (TPSA) is 61.6 Å². The van der Waals surface area contributed by atoms with E-state index in [0.29, 0.717) is 17.4 Å². The van der Waals surface area contributed by atoms with Crippen molar-refractivity contribution in [3.63, 3.8) is 0 Å². The molecule has 2 aromatic carbocycles. The predicted molar refractivity (Wildman–Crippen MR) is 75.7 cm³/mol. The van der Waals surface area contributed by atoms with E-state index in [2.05, 4.69) is 0 Å². The summed E-state index contributed by atoms with van der Waals surface area (Å²) in [6.45, 7) is 0. The van der Waals surface area contributed by atoms with Crippen LogP contribution in [0.25, 0.3) is 0 Å². The summed E-state index contributed by atoms with van der Waals surface area (Å²) in [5.74, 6) is 1.52. The zero-order valence-corrected chi connectivity index (χ0v) is 11.5. The molecule has 0 saturated carbocycles. The van der Waals surface area contributed by atoms with E-state index in [1.807, 2.05) is 0 Å². The van der Waals surface area contributed by atoms with Crippen molar-refractivity contribution in [1.29, 1.82) is 0 Å². The summed E-state index contributed by atoms with van der Waals surface area (Å²) >= 11 is 5.70. The predicted octanol–water partition coefficient (Wildman–Crippen LogP) is 4.13. The highest BCUT2D eigenvalue weighted by atomic mass is 35.5. The van der Waals surface area contributed by atoms with Crippen LogP contribution in [0.2, 0.25) is 0 Å². The number of nitrogens with zero attached hydrogens (tertiary/aromatic N) is 1. The molecule has 2 aromatic rings. The zero-order chi connectivity index (χ0) is 14.5. The van der Waals surface area contributed by atoms with Gasteiger partial charge in [-0.05, 0) is 23.8 Å². The number of rotatable bonds is 5. The van der Waals surface area contributed by atoms with Gasteiger partial charge in [-0.25, -0.2) is 0 Å². The molecular formula is C14H12ClNO4. The third kappa shape index (κ3) is 3.19. The molecule has 2 rings (SSSR count). The number of nitro groups is 1. The molecule has 5 nitrogen and oxygen atoms in total. The molecule has 0 fully saturated rings. The molecule has 0 spiro atoms. The second-order valence-corrected chi connectivity index (χ2v) is 4.24. The highest BCUT2D eigenvalue weighted by Gasteiger charge is 2.16. The Morgan fingerprint density at radius 1 is 1.15 bits per heavy atom. The van der Waals surface area contributed by atoms with Gasteiger partial charge < -0.3 is 9.47 Å². The molecule has 0 saturated heterocycles. The maximum atomic E-state index is 11.0. The van der Waals surface area contributed by atoms with Crippen LogP contribution in [0.5, 0.6) is 17.2 Å². The third-order valence-electron chi connectivity index (χ3n) is 2.67. The fourth-order valence-electron chi connectivity index (χ4n) is 1.63. The molecule has 0 aliphatic rings. The lowest BCUT2D eigenvalue weighted by molar-refractivity contribution is -0.385. The Bertz CT molecular complexity index is 613. The SMILES string of the molecule is COc1ccc([N+](=O)[O-])c(Oc2ccc(CCl)cc2)c1. The van der Waals surface area contributed by atoms with Gasteiger partial charge in [0.05, 0.1) is 12.0 Å². The second-order valence-electron chi connectivity index (χ2n) is 3.97. The number of nitro benzene ring substituents is 1. The molecular weight excluding hydrogens is 282 g/mol. The molecule has 0 aliphatic carbocycles. The fourth-order valence-corrected chi connectivity index (χ4v) is 1.81. The van der Waals surface area contributed by atoms with Gasteiger partial charge in [-0.2, -0.15) is 0 Å². The first-order valence-corrected chi connectivity index (χ1v) is 6.32. The van der Waals surface area contributed by atoms with Crippen molar-refractivity contribution in [2.75, 3.05) is 7.11 Å². The molecule has 104 valence electrons. The molecule has 6 heteroatoms. The molecule has 20 heavy (non-hydrogen) atoms. The maximum absolute atomic E-state index is 11.0. The van der Waals surface area contributed by atoms with Crippen LogP contribution in [0.3, 0.4) is 0 Å². The molecule has 0 heterocycles. The van der Waals surface area contributed by atoms with Crippen molar-refractivity contribution < 1.29 is 14.4 Å². The van der Waals surface area contributed by atoms with Gasteiger partial charge in [0.15, 0.2) is 0 Å². The minimum Gasteiger partial charge on any atom is -0.497 e. The summed E-state index contributed by atoms with van der Waals surface area (Å²) in [4.78, 5) is 10.5. The van der Waals surface area contributed by atoms with E-state index in [4.69, 9.17) is 21.1 Å². The van der Waals surface area contributed by atoms with Gasteiger partial charge >= 0.3 is 5.69 Å². The first-order valence-electron chi connectivity index (χ1n) is 5.79. The summed E-state index contributed by atoms with van der Waals surface area (Å²) in [7, 11) is 1.49. The molecule has 0 N–H and O–H groups in total. The Hall–Kier alpha value is -2.27. The van der Waals surface area contributed by atoms with Crippen LogP contribution >= 0.6 is 11.6 Å². The lowest BCUT2D eigenvalue weighted by Gasteiger charge is -2.08. The molecule has 0 amide bonds. The fraction of sp³-hybridized carbons (Fsp3) is 0.143. The van der Waals surface area contributed by atoms with Gasteiger partial charge in [0, 0.05) is 18.0 Å². The molecule has 0 aromatic heterocycles. The number of methoxy groups -OCH3 is 1. The molecule has 0 bridgehead atoms. The second kappa shape index (κ2) is 6.25. The lowest BCUT2D eigenvalue weighted by Crippen LogP contribution is -1.94. The smallest absolute Gasteiger partial charge is 0.311 e. The minimum absolute atomic E-state index is 0.118. The molecule has 0 aliphatic heterocycles. The van der Waals surface area contributed by atoms with Gasteiger partial charge in [-0.1, -0.05) is 12.1 Å². The largest absolute Gasteiger partial charge is 0.497 e. The van der Waals surface area contributed by atoms with Gasteiger partial charge in [0.25, 0.3) is 0 Å². The average Bonchev–Trinajstić information content (AvgIpc) is 2.47. The van der Waals surface area contributed by atoms with Crippen LogP contribution in [0, 0.1) is 10.1 Å². The summed E-state index contributed by atoms with van der Waals surface area (Å²) < 4.78 is 10.6. The highest BCUT2D eigenvalue weighted by molar-refractivity contribution is 6.17. The van der Waals surface area contributed by atoms with Gasteiger partial charge in [-0.15, -0.1) is 11.6 Å². The Balaban J connectivity index is 2.32. The quantitative estimate of drug-likeness (QED) is 0.472. The monoisotopic (exact) mass is 293 g/mol. The van der Waals surface area contributed by atoms with Crippen molar-refractivity contribution >= 4 is 17.3 Å². The Morgan fingerprint density at radius 2 is 1.80 bits per heavy atom. The van der Waals surface area contributed by atoms with Crippen molar-refractivity contribution in [3.8, 4) is 17.2 Å². The van der Waals surface area contributed by atoms with Gasteiger partial charge in [-0.3, -0.25) is 10.1 Å². The van der Waals surface area contributed by atoms with Crippen LogP contribution in [0.1, 0.15) is 5.56 Å². The van der Waals surface area contributed by atoms with Crippen molar-refractivity contribution in [2.24, 2.45) is 0 Å². The number of hydrogen-bond acceptors (Lipinski definition) is 4. The number of ether oxygens (including phenoxy) is 2. The number of hydrogen-bond donors (Lipinski definition) is 0. The molecule has 0 radical (unpaired) electrons. The van der Waals surface area contributed by atoms with Crippen molar-refractivity contribution in [2.45, 2.75) is 5.88 Å². The lowest BCUT2D eigenvalue weighted by atomic mass is 10.2. The first-order chi connectivity index (χ1) is 9.63. The summed E-state index contributed by atoms with van der Waals surface area (Å²) in [5.41, 5.74) is 0.825. The van der Waals surface area contributed by atoms with Gasteiger partial charge in [0.1, 0.15) is 11.5 Å². The van der Waals surface area contributed by atoms with E-state index in [0.717, 1.165) is 5.56 Å². The highest BCUT2D eigenvalue weighted by Crippen LogP contribution is 2.34. The van der Waals surface area contributed by atoms with Crippen LogP contribution in [-0.4, -0.2) is 12.0 Å². The van der Waals surface area contributed by atoms with Gasteiger partial charge in [0.2, 0.25) is 5.75 Å². The maximum Gasteiger partial charge on any atom is 0.311 e. The normalized spacial score (nSPS) is 10.1. The number of halogens is 1. The van der Waals surface area contributed by atoms with Crippen LogP contribution < -0.4 is 9.47 Å². The zero-order valence-electron chi connectivity index (χ0n) is 10.7. The standard InChI is InChI=1S/C14H12ClNO4/c1-19-12-6-7-13(16(17)18)14(8-12)20-11-4-2-10(9-15)3-5-11/h2-8H,9H2,1H3. The van der Waals surface area contributed by atoms with Crippen LogP contribution in [-0.2, 0) is 5.88 Å². The molecule has 0 unspecified atom stereocenters. The van der Waals surface area contributed by atoms with Crippen molar-refractivity contribution in [3.05, 3.63) is 58.1 Å². The van der Waals surface area contributed by atoms with E-state index in [-0.39, 0.29) is 11.4 Å². The van der Waals surface area contributed by atoms with E-state index in [1.165, 1.54) is 25.3 Å². The van der Waals surface area contributed by atoms with E-state index in [1.54, 1.807) is 24.3 Å². The summed E-state index contributed by atoms with van der Waals surface area (Å²) in [6, 6.07) is 11.4. The first kappa shape index (κ1) is 14.1. The van der Waals surface area contributed by atoms with Crippen LogP contribution in [0.4, 0.5) is 5.69 Å². The number of benzene rings is 2. The third-order valence-corrected chi connectivity index (χ3v) is 2.98. The molecule has 0 atom stereocenters. The van der Waals surface area contributed by atoms with E-state index < -0.39 is 4.92 Å². The minimum atomic E-state index is -0.498. The van der Waals surface area contributed by atoms with Crippen molar-refractivity contribution in [1.82, 2.24) is 0 Å². The summed E-state index contributed by atoms with van der Waals surface area (Å²) in [5, 5.41) is 11.0. The Morgan fingerprint density at radius 3 is 2.35 bits per heavy atom. The van der Waals surface area contributed by atoms with E-state index >= 15 is 0 Å². The average molecular weight is 294 g/mol. The van der Waals surface area contributed by atoms with Crippen LogP contribution in [0.15, 0.2) is 42.5 Å².